The Morgan fingerprint density at radius 3 is 2.25 bits per heavy atom. The van der Waals surface area contributed by atoms with Gasteiger partial charge in [-0.25, -0.2) is 0 Å². The summed E-state index contributed by atoms with van der Waals surface area (Å²) < 4.78 is 6.15. The van der Waals surface area contributed by atoms with Crippen LogP contribution in [0.25, 0.3) is 0 Å². The third kappa shape index (κ3) is 5.07. The molecule has 1 aliphatic carbocycles. The highest BCUT2D eigenvalue weighted by atomic mass is 28.4. The highest BCUT2D eigenvalue weighted by Gasteiger charge is 2.38. The minimum Gasteiger partial charge on any atom is -0.404 e. The summed E-state index contributed by atoms with van der Waals surface area (Å²) in [5, 5.41) is 0.177. The van der Waals surface area contributed by atoms with Crippen molar-refractivity contribution in [1.29, 1.82) is 0 Å². The topological polar surface area (TPSA) is 26.3 Å². The fourth-order valence-electron chi connectivity index (χ4n) is 2.29. The molecule has 0 amide bonds. The van der Waals surface area contributed by atoms with Crippen LogP contribution in [0, 0.1) is 17.8 Å². The van der Waals surface area contributed by atoms with Crippen molar-refractivity contribution in [1.82, 2.24) is 0 Å². The highest BCUT2D eigenvalue weighted by molar-refractivity contribution is 6.74. The molecule has 114 valence electrons. The van der Waals surface area contributed by atoms with Crippen molar-refractivity contribution in [3.63, 3.8) is 0 Å². The minimum atomic E-state index is -1.79. The fourth-order valence-corrected chi connectivity index (χ4v) is 3.58. The van der Waals surface area contributed by atoms with Gasteiger partial charge in [-0.2, -0.15) is 0 Å². The molecule has 0 spiro atoms. The van der Waals surface area contributed by atoms with Gasteiger partial charge >= 0.3 is 0 Å². The molecule has 20 heavy (non-hydrogen) atoms. The van der Waals surface area contributed by atoms with Crippen molar-refractivity contribution in [3.8, 4) is 11.8 Å². The Bertz CT molecular complexity index is 389. The summed E-state index contributed by atoms with van der Waals surface area (Å²) in [6.45, 7) is 13.0. The molecule has 0 aromatic heterocycles. The van der Waals surface area contributed by atoms with Gasteiger partial charge in [-0.05, 0) is 43.8 Å². The molecule has 1 fully saturated rings. The van der Waals surface area contributed by atoms with Gasteiger partial charge in [0.2, 0.25) is 5.78 Å². The number of hydrogen-bond acceptors (Lipinski definition) is 2. The van der Waals surface area contributed by atoms with E-state index in [1.807, 2.05) is 6.92 Å². The van der Waals surface area contributed by atoms with E-state index >= 15 is 0 Å². The second-order valence-electron chi connectivity index (χ2n) is 7.49. The SMILES string of the molecule is C[C@@H](C#CC(=O)C1CCCCC1)O[Si](C)(C)C(C)(C)C. The molecular formula is C17H30O2Si. The summed E-state index contributed by atoms with van der Waals surface area (Å²) in [4.78, 5) is 12.0. The summed E-state index contributed by atoms with van der Waals surface area (Å²) in [5.74, 6) is 6.15. The maximum atomic E-state index is 12.0. The molecule has 0 heterocycles. The first-order chi connectivity index (χ1) is 9.13. The lowest BCUT2D eigenvalue weighted by molar-refractivity contribution is -0.118. The van der Waals surface area contributed by atoms with Crippen molar-refractivity contribution < 1.29 is 9.22 Å². The zero-order valence-electron chi connectivity index (χ0n) is 14.0. The highest BCUT2D eigenvalue weighted by Crippen LogP contribution is 2.37. The molecule has 0 unspecified atom stereocenters. The van der Waals surface area contributed by atoms with E-state index in [9.17, 15) is 4.79 Å². The predicted molar refractivity (Wildman–Crippen MR) is 87.1 cm³/mol. The monoisotopic (exact) mass is 294 g/mol. The lowest BCUT2D eigenvalue weighted by Gasteiger charge is -2.37. The second kappa shape index (κ2) is 6.91. The molecule has 0 aliphatic heterocycles. The minimum absolute atomic E-state index is 0.121. The molecule has 0 N–H and O–H groups in total. The first kappa shape index (κ1) is 17.5. The summed E-state index contributed by atoms with van der Waals surface area (Å²) in [7, 11) is -1.79. The number of carbonyl (C=O) groups is 1. The molecule has 0 saturated heterocycles. The van der Waals surface area contributed by atoms with E-state index in [0.29, 0.717) is 0 Å². The molecular weight excluding hydrogens is 264 g/mol. The lowest BCUT2D eigenvalue weighted by Crippen LogP contribution is -2.43. The third-order valence-electron chi connectivity index (χ3n) is 4.65. The molecule has 0 aromatic rings. The van der Waals surface area contributed by atoms with Gasteiger partial charge in [-0.15, -0.1) is 0 Å². The zero-order valence-corrected chi connectivity index (χ0v) is 15.0. The average Bonchev–Trinajstić information content (AvgIpc) is 2.35. The first-order valence-corrected chi connectivity index (χ1v) is 10.8. The Morgan fingerprint density at radius 1 is 1.20 bits per heavy atom. The Hall–Kier alpha value is -0.593. The predicted octanol–water partition coefficient (Wildman–Crippen LogP) is 4.55. The number of Topliss-reactive ketones (excluding diaryl/α,β-unsaturated/α-hetero) is 1. The van der Waals surface area contributed by atoms with Crippen molar-refractivity contribution in [3.05, 3.63) is 0 Å². The van der Waals surface area contributed by atoms with Crippen LogP contribution in [-0.2, 0) is 9.22 Å². The van der Waals surface area contributed by atoms with Crippen LogP contribution >= 0.6 is 0 Å². The Labute approximate surface area is 125 Å². The van der Waals surface area contributed by atoms with Crippen LogP contribution in [0.5, 0.6) is 0 Å². The molecule has 0 aromatic carbocycles. The van der Waals surface area contributed by atoms with Gasteiger partial charge in [0, 0.05) is 5.92 Å². The van der Waals surface area contributed by atoms with Crippen molar-refractivity contribution >= 4 is 14.1 Å². The molecule has 2 nitrogen and oxygen atoms in total. The summed E-state index contributed by atoms with van der Waals surface area (Å²) in [6.07, 6.45) is 5.50. The zero-order chi connectivity index (χ0) is 15.4. The van der Waals surface area contributed by atoms with E-state index in [-0.39, 0.29) is 22.8 Å². The molecule has 1 atom stereocenters. The van der Waals surface area contributed by atoms with Crippen LogP contribution in [0.3, 0.4) is 0 Å². The van der Waals surface area contributed by atoms with Gasteiger partial charge in [-0.1, -0.05) is 46.0 Å². The van der Waals surface area contributed by atoms with E-state index < -0.39 is 8.32 Å². The largest absolute Gasteiger partial charge is 0.404 e. The van der Waals surface area contributed by atoms with Crippen LogP contribution < -0.4 is 0 Å². The van der Waals surface area contributed by atoms with Crippen LogP contribution in [0.1, 0.15) is 59.8 Å². The van der Waals surface area contributed by atoms with E-state index in [1.54, 1.807) is 0 Å². The molecule has 1 rings (SSSR count). The van der Waals surface area contributed by atoms with Gasteiger partial charge in [0.05, 0.1) is 0 Å². The van der Waals surface area contributed by atoms with E-state index in [1.165, 1.54) is 19.3 Å². The second-order valence-corrected chi connectivity index (χ2v) is 12.2. The first-order valence-electron chi connectivity index (χ1n) is 7.87. The number of ketones is 1. The Morgan fingerprint density at radius 2 is 1.75 bits per heavy atom. The molecule has 1 aliphatic rings. The summed E-state index contributed by atoms with van der Waals surface area (Å²) >= 11 is 0. The van der Waals surface area contributed by atoms with Crippen LogP contribution in [0.4, 0.5) is 0 Å². The smallest absolute Gasteiger partial charge is 0.208 e. The third-order valence-corrected chi connectivity index (χ3v) is 9.21. The van der Waals surface area contributed by atoms with Gasteiger partial charge < -0.3 is 4.43 Å². The van der Waals surface area contributed by atoms with Gasteiger partial charge in [-0.3, -0.25) is 4.79 Å². The number of rotatable bonds is 3. The van der Waals surface area contributed by atoms with Crippen LogP contribution in [0.2, 0.25) is 18.1 Å². The van der Waals surface area contributed by atoms with Crippen LogP contribution in [0.15, 0.2) is 0 Å². The van der Waals surface area contributed by atoms with Gasteiger partial charge in [0.25, 0.3) is 0 Å². The quantitative estimate of drug-likeness (QED) is 0.433. The van der Waals surface area contributed by atoms with Crippen molar-refractivity contribution in [2.75, 3.05) is 0 Å². The lowest BCUT2D eigenvalue weighted by atomic mass is 9.86. The number of carbonyl (C=O) groups excluding carboxylic acids is 1. The Balaban J connectivity index is 2.56. The van der Waals surface area contributed by atoms with Gasteiger partial charge in [0.1, 0.15) is 6.10 Å². The van der Waals surface area contributed by atoms with Crippen molar-refractivity contribution in [2.24, 2.45) is 5.92 Å². The standard InChI is InChI=1S/C17H30O2Si/c1-14(19-20(5,6)17(2,3)4)12-13-16(18)15-10-8-7-9-11-15/h14-15H,7-11H2,1-6H3/t14-/m0/s1. The van der Waals surface area contributed by atoms with Crippen molar-refractivity contribution in [2.45, 2.75) is 84.0 Å². The summed E-state index contributed by atoms with van der Waals surface area (Å²) in [5.41, 5.74) is 0. The van der Waals surface area contributed by atoms with E-state index in [4.69, 9.17) is 4.43 Å². The van der Waals surface area contributed by atoms with Crippen LogP contribution in [-0.4, -0.2) is 20.2 Å². The number of hydrogen-bond donors (Lipinski definition) is 0. The van der Waals surface area contributed by atoms with E-state index in [2.05, 4.69) is 45.7 Å². The molecule has 1 saturated carbocycles. The maximum Gasteiger partial charge on any atom is 0.208 e. The summed E-state index contributed by atoms with van der Waals surface area (Å²) in [6, 6.07) is 0. The maximum absolute atomic E-state index is 12.0. The average molecular weight is 295 g/mol. The molecule has 0 radical (unpaired) electrons. The Kier molecular flexibility index (Phi) is 6.03. The van der Waals surface area contributed by atoms with E-state index in [0.717, 1.165) is 12.8 Å². The normalized spacial score (nSPS) is 19.1. The molecule has 3 heteroatoms. The molecule has 0 bridgehead atoms. The van der Waals surface area contributed by atoms with Gasteiger partial charge in [0.15, 0.2) is 8.32 Å². The fraction of sp³-hybridized carbons (Fsp3) is 0.824.